The van der Waals surface area contributed by atoms with Crippen LogP contribution in [-0.2, 0) is 0 Å². The lowest BCUT2D eigenvalue weighted by molar-refractivity contribution is 0.0995. The molecule has 0 bridgehead atoms. The predicted octanol–water partition coefficient (Wildman–Crippen LogP) is 4.25. The fraction of sp³-hybridized carbons (Fsp3) is 0. The van der Waals surface area contributed by atoms with Crippen molar-refractivity contribution in [3.05, 3.63) is 71.5 Å². The van der Waals surface area contributed by atoms with E-state index in [4.69, 9.17) is 22.1 Å². The van der Waals surface area contributed by atoms with Gasteiger partial charge in [0.05, 0.1) is 11.0 Å². The van der Waals surface area contributed by atoms with Gasteiger partial charge >= 0.3 is 0 Å². The molecule has 4 rings (SSSR count). The van der Waals surface area contributed by atoms with Crippen molar-refractivity contribution in [1.29, 1.82) is 0 Å². The van der Waals surface area contributed by atoms with Crippen molar-refractivity contribution in [3.8, 4) is 11.5 Å². The number of nitrogens with two attached hydrogens (primary N) is 1. The summed E-state index contributed by atoms with van der Waals surface area (Å²) in [4.78, 5) is 22.8. The summed E-state index contributed by atoms with van der Waals surface area (Å²) in [6.07, 6.45) is 1.47. The summed E-state index contributed by atoms with van der Waals surface area (Å²) < 4.78 is 5.79. The van der Waals surface area contributed by atoms with Crippen LogP contribution in [0.4, 0.5) is 11.6 Å². The number of halogens is 1. The zero-order valence-corrected chi connectivity index (χ0v) is 14.7. The second kappa shape index (κ2) is 6.97. The molecule has 2 aromatic carbocycles. The second-order valence-electron chi connectivity index (χ2n) is 5.74. The van der Waals surface area contributed by atoms with Crippen molar-refractivity contribution < 1.29 is 9.53 Å². The third-order valence-electron chi connectivity index (χ3n) is 3.76. The highest BCUT2D eigenvalue weighted by Crippen LogP contribution is 2.27. The number of nitrogens with zero attached hydrogens (tertiary/aromatic N) is 2. The minimum atomic E-state index is -0.610. The number of amides is 1. The van der Waals surface area contributed by atoms with Crippen LogP contribution in [0.2, 0.25) is 5.02 Å². The fourth-order valence-electron chi connectivity index (χ4n) is 2.56. The molecule has 0 saturated heterocycles. The third-order valence-corrected chi connectivity index (χ3v) is 4.00. The Hall–Kier alpha value is -3.58. The maximum absolute atomic E-state index is 11.2. The summed E-state index contributed by atoms with van der Waals surface area (Å²) in [6.45, 7) is 0. The monoisotopic (exact) mass is 379 g/mol. The Kier molecular flexibility index (Phi) is 4.35. The highest BCUT2D eigenvalue weighted by Gasteiger charge is 2.08. The van der Waals surface area contributed by atoms with Gasteiger partial charge in [-0.05, 0) is 36.4 Å². The topological polar surface area (TPSA) is 106 Å². The van der Waals surface area contributed by atoms with E-state index in [1.165, 1.54) is 12.3 Å². The summed E-state index contributed by atoms with van der Waals surface area (Å²) in [5.41, 5.74) is 7.78. The van der Waals surface area contributed by atoms with E-state index < -0.39 is 5.91 Å². The highest BCUT2D eigenvalue weighted by atomic mass is 35.5. The summed E-state index contributed by atoms with van der Waals surface area (Å²) >= 11 is 6.00. The number of primary amides is 1. The molecule has 0 aliphatic carbocycles. The third kappa shape index (κ3) is 3.83. The lowest BCUT2D eigenvalue weighted by atomic mass is 10.3. The number of aromatic amines is 1. The molecule has 0 saturated carbocycles. The minimum Gasteiger partial charge on any atom is -0.457 e. The van der Waals surface area contributed by atoms with E-state index in [0.29, 0.717) is 22.5 Å². The molecule has 134 valence electrons. The van der Waals surface area contributed by atoms with Crippen molar-refractivity contribution >= 4 is 40.2 Å². The molecule has 0 fully saturated rings. The number of ether oxygens (including phenoxy) is 1. The number of aromatic nitrogens is 3. The molecule has 7 nitrogen and oxygen atoms in total. The fourth-order valence-corrected chi connectivity index (χ4v) is 2.75. The van der Waals surface area contributed by atoms with E-state index >= 15 is 0 Å². The van der Waals surface area contributed by atoms with Gasteiger partial charge in [-0.15, -0.1) is 0 Å². The van der Waals surface area contributed by atoms with Crippen LogP contribution >= 0.6 is 11.6 Å². The van der Waals surface area contributed by atoms with Crippen molar-refractivity contribution in [2.45, 2.75) is 0 Å². The Labute approximate surface area is 159 Å². The number of hydrogen-bond acceptors (Lipinski definition) is 5. The van der Waals surface area contributed by atoms with Gasteiger partial charge in [0.15, 0.2) is 0 Å². The minimum absolute atomic E-state index is 0.142. The van der Waals surface area contributed by atoms with Crippen LogP contribution in [0.25, 0.3) is 11.0 Å². The molecule has 27 heavy (non-hydrogen) atoms. The molecular formula is C19H14ClN5O2. The van der Waals surface area contributed by atoms with Gasteiger partial charge < -0.3 is 20.8 Å². The van der Waals surface area contributed by atoms with Crippen molar-refractivity contribution in [3.63, 3.8) is 0 Å². The van der Waals surface area contributed by atoms with Gasteiger partial charge in [0, 0.05) is 29.0 Å². The number of hydrogen-bond donors (Lipinski definition) is 3. The Morgan fingerprint density at radius 2 is 1.96 bits per heavy atom. The van der Waals surface area contributed by atoms with E-state index in [1.54, 1.807) is 18.2 Å². The molecule has 4 N–H and O–H groups in total. The van der Waals surface area contributed by atoms with Crippen LogP contribution in [0.1, 0.15) is 10.5 Å². The van der Waals surface area contributed by atoms with Gasteiger partial charge in [0.2, 0.25) is 5.95 Å². The molecule has 0 radical (unpaired) electrons. The first-order valence-corrected chi connectivity index (χ1v) is 8.41. The zero-order valence-electron chi connectivity index (χ0n) is 13.9. The molecule has 0 aliphatic rings. The summed E-state index contributed by atoms with van der Waals surface area (Å²) in [6, 6.07) is 15.9. The maximum Gasteiger partial charge on any atom is 0.267 e. The molecule has 0 unspecified atom stereocenters. The molecule has 2 aromatic heterocycles. The van der Waals surface area contributed by atoms with Crippen LogP contribution in [0, 0.1) is 0 Å². The number of carbonyl (C=O) groups is 1. The van der Waals surface area contributed by atoms with E-state index in [1.807, 2.05) is 30.3 Å². The van der Waals surface area contributed by atoms with E-state index in [2.05, 4.69) is 20.3 Å². The maximum atomic E-state index is 11.2. The standard InChI is InChI=1S/C19H14ClN5O2/c20-11-2-1-3-12(8-11)23-19-24-15-5-4-13(9-16(15)25-19)27-14-6-7-22-17(10-14)18(21)26/h1-10H,(H2,21,26)(H2,23,24,25). The number of H-pyrrole nitrogens is 1. The van der Waals surface area contributed by atoms with Crippen molar-refractivity contribution in [2.24, 2.45) is 5.73 Å². The normalized spacial score (nSPS) is 10.7. The first kappa shape index (κ1) is 16.9. The van der Waals surface area contributed by atoms with Gasteiger partial charge in [-0.2, -0.15) is 0 Å². The lowest BCUT2D eigenvalue weighted by Gasteiger charge is -2.06. The number of benzene rings is 2. The molecule has 0 atom stereocenters. The quantitative estimate of drug-likeness (QED) is 0.480. The van der Waals surface area contributed by atoms with Crippen LogP contribution in [-0.4, -0.2) is 20.9 Å². The summed E-state index contributed by atoms with van der Waals surface area (Å²) in [5.74, 6) is 1.03. The predicted molar refractivity (Wildman–Crippen MR) is 104 cm³/mol. The average molecular weight is 380 g/mol. The molecule has 4 aromatic rings. The number of rotatable bonds is 5. The molecule has 0 aliphatic heterocycles. The number of pyridine rings is 1. The number of fused-ring (bicyclic) bond motifs is 1. The second-order valence-corrected chi connectivity index (χ2v) is 6.18. The van der Waals surface area contributed by atoms with Crippen LogP contribution < -0.4 is 15.8 Å². The Bertz CT molecular complexity index is 1140. The molecular weight excluding hydrogens is 366 g/mol. The molecule has 0 spiro atoms. The van der Waals surface area contributed by atoms with Crippen LogP contribution in [0.15, 0.2) is 60.8 Å². The molecule has 2 heterocycles. The summed E-state index contributed by atoms with van der Waals surface area (Å²) in [7, 11) is 0. The SMILES string of the molecule is NC(=O)c1cc(Oc2ccc3nc(Nc4cccc(Cl)c4)[nH]c3c2)ccn1. The van der Waals surface area contributed by atoms with Gasteiger partial charge in [0.25, 0.3) is 5.91 Å². The van der Waals surface area contributed by atoms with E-state index in [0.717, 1.165) is 16.7 Å². The first-order valence-electron chi connectivity index (χ1n) is 8.03. The van der Waals surface area contributed by atoms with Gasteiger partial charge in [-0.3, -0.25) is 9.78 Å². The van der Waals surface area contributed by atoms with Gasteiger partial charge in [-0.1, -0.05) is 17.7 Å². The summed E-state index contributed by atoms with van der Waals surface area (Å²) in [5, 5.41) is 3.81. The van der Waals surface area contributed by atoms with Crippen molar-refractivity contribution in [1.82, 2.24) is 15.0 Å². The van der Waals surface area contributed by atoms with Gasteiger partial charge in [-0.25, -0.2) is 4.98 Å². The van der Waals surface area contributed by atoms with E-state index in [9.17, 15) is 4.79 Å². The van der Waals surface area contributed by atoms with Gasteiger partial charge in [0.1, 0.15) is 17.2 Å². The Balaban J connectivity index is 1.57. The van der Waals surface area contributed by atoms with Crippen LogP contribution in [0.3, 0.4) is 0 Å². The Morgan fingerprint density at radius 1 is 1.11 bits per heavy atom. The van der Waals surface area contributed by atoms with Crippen molar-refractivity contribution in [2.75, 3.05) is 5.32 Å². The number of anilines is 2. The largest absolute Gasteiger partial charge is 0.457 e. The Morgan fingerprint density at radius 3 is 2.78 bits per heavy atom. The molecule has 8 heteroatoms. The number of carbonyl (C=O) groups excluding carboxylic acids is 1. The first-order chi connectivity index (χ1) is 13.1. The van der Waals surface area contributed by atoms with Crippen LogP contribution in [0.5, 0.6) is 11.5 Å². The number of nitrogens with one attached hydrogen (secondary N) is 2. The molecule has 1 amide bonds. The zero-order chi connectivity index (χ0) is 18.8. The number of imidazole rings is 1. The lowest BCUT2D eigenvalue weighted by Crippen LogP contribution is -2.12. The smallest absolute Gasteiger partial charge is 0.267 e. The highest BCUT2D eigenvalue weighted by molar-refractivity contribution is 6.30. The van der Waals surface area contributed by atoms with E-state index in [-0.39, 0.29) is 5.69 Å². The average Bonchev–Trinajstić information content (AvgIpc) is 3.03.